The molecule has 0 unspecified atom stereocenters. The molecule has 0 radical (unpaired) electrons. The molecule has 1 aliphatic rings. The average molecular weight is 804 g/mol. The van der Waals surface area contributed by atoms with E-state index in [9.17, 15) is 14.4 Å². The van der Waals surface area contributed by atoms with Gasteiger partial charge in [0.15, 0.2) is 0 Å². The molecule has 0 atom stereocenters. The molecule has 4 aromatic heterocycles. The van der Waals surface area contributed by atoms with Gasteiger partial charge in [-0.15, -0.1) is 0 Å². The Balaban J connectivity index is 0.000000183. The van der Waals surface area contributed by atoms with E-state index in [0.717, 1.165) is 65.0 Å². The highest BCUT2D eigenvalue weighted by Gasteiger charge is 2.17. The maximum atomic E-state index is 12.9. The van der Waals surface area contributed by atoms with Gasteiger partial charge >= 0.3 is 6.09 Å². The van der Waals surface area contributed by atoms with E-state index in [4.69, 9.17) is 10.5 Å². The fraction of sp³-hybridized carbons (Fsp3) is 0.178. The molecule has 5 N–H and O–H groups in total. The molecule has 304 valence electrons. The zero-order valence-electron chi connectivity index (χ0n) is 33.3. The molecule has 0 aliphatic carbocycles. The maximum Gasteiger partial charge on any atom is 0.407 e. The second-order valence-corrected chi connectivity index (χ2v) is 14.2. The number of likely N-dealkylation sites (N-methyl/N-ethyl adjacent to an activating group) is 1. The van der Waals surface area contributed by atoms with Crippen LogP contribution in [0.25, 0.3) is 21.9 Å². The van der Waals surface area contributed by atoms with Crippen LogP contribution in [0.2, 0.25) is 0 Å². The van der Waals surface area contributed by atoms with Crippen molar-refractivity contribution in [1.82, 2.24) is 34.9 Å². The van der Waals surface area contributed by atoms with Crippen LogP contribution in [-0.4, -0.2) is 80.8 Å². The quantitative estimate of drug-likeness (QED) is 0.113. The lowest BCUT2D eigenvalue weighted by molar-refractivity contribution is 0.101. The summed E-state index contributed by atoms with van der Waals surface area (Å²) in [6, 6.07) is 29.2. The molecule has 0 spiro atoms. The summed E-state index contributed by atoms with van der Waals surface area (Å²) in [5, 5.41) is 14.6. The van der Waals surface area contributed by atoms with Crippen LogP contribution in [0.4, 0.5) is 27.8 Å². The van der Waals surface area contributed by atoms with Gasteiger partial charge in [0, 0.05) is 98.4 Å². The smallest absolute Gasteiger partial charge is 0.407 e. The number of para-hydroxylation sites is 2. The summed E-state index contributed by atoms with van der Waals surface area (Å²) >= 11 is 0. The number of piperazine rings is 1. The molecule has 60 heavy (non-hydrogen) atoms. The number of rotatable bonds is 10. The van der Waals surface area contributed by atoms with E-state index in [1.54, 1.807) is 90.1 Å². The zero-order chi connectivity index (χ0) is 41.8. The number of alkyl carbamates (subject to hydrolysis) is 1. The topological polar surface area (TPSA) is 186 Å². The van der Waals surface area contributed by atoms with E-state index in [0.29, 0.717) is 34.9 Å². The van der Waals surface area contributed by atoms with Crippen LogP contribution in [0.15, 0.2) is 134 Å². The summed E-state index contributed by atoms with van der Waals surface area (Å²) in [6.45, 7) is 4.22. The number of pyridine rings is 3. The number of nitrogen functional groups attached to an aromatic ring is 1. The summed E-state index contributed by atoms with van der Waals surface area (Å²) in [7, 11) is 4.02. The maximum absolute atomic E-state index is 12.9. The molecule has 3 aromatic carbocycles. The van der Waals surface area contributed by atoms with E-state index in [1.807, 2.05) is 43.7 Å². The fourth-order valence-electron chi connectivity index (χ4n) is 6.35. The fourth-order valence-corrected chi connectivity index (χ4v) is 6.35. The minimum Gasteiger partial charge on any atom is -0.445 e. The minimum atomic E-state index is -0.523. The van der Waals surface area contributed by atoms with Gasteiger partial charge < -0.3 is 36.2 Å². The van der Waals surface area contributed by atoms with Crippen molar-refractivity contribution in [2.75, 3.05) is 54.5 Å². The van der Waals surface area contributed by atoms with Crippen molar-refractivity contribution >= 4 is 51.7 Å². The first kappa shape index (κ1) is 40.5. The third-order valence-electron chi connectivity index (χ3n) is 9.79. The number of ether oxygens (including phenoxy) is 1. The van der Waals surface area contributed by atoms with Gasteiger partial charge in [-0.3, -0.25) is 19.3 Å². The molecule has 15 heteroatoms. The number of anilines is 4. The number of hydrogen-bond donors (Lipinski definition) is 4. The van der Waals surface area contributed by atoms with Gasteiger partial charge in [-0.2, -0.15) is 5.10 Å². The van der Waals surface area contributed by atoms with Crippen LogP contribution < -0.4 is 26.6 Å². The number of aromatic nitrogens is 5. The monoisotopic (exact) mass is 803 g/mol. The Morgan fingerprint density at radius 3 is 2.27 bits per heavy atom. The first-order valence-electron chi connectivity index (χ1n) is 19.3. The number of nitrogens with two attached hydrogens (primary N) is 1. The van der Waals surface area contributed by atoms with Crippen molar-refractivity contribution in [2.45, 2.75) is 13.2 Å². The predicted octanol–water partition coefficient (Wildman–Crippen LogP) is 6.38. The van der Waals surface area contributed by atoms with Gasteiger partial charge in [0.1, 0.15) is 18.2 Å². The summed E-state index contributed by atoms with van der Waals surface area (Å²) in [5.41, 5.74) is 11.7. The summed E-state index contributed by atoms with van der Waals surface area (Å²) in [4.78, 5) is 54.3. The lowest BCUT2D eigenvalue weighted by Gasteiger charge is -2.33. The predicted molar refractivity (Wildman–Crippen MR) is 232 cm³/mol. The second-order valence-electron chi connectivity index (χ2n) is 14.2. The van der Waals surface area contributed by atoms with E-state index in [1.165, 1.54) is 0 Å². The van der Waals surface area contributed by atoms with E-state index in [-0.39, 0.29) is 18.4 Å². The molecule has 1 aliphatic heterocycles. The van der Waals surface area contributed by atoms with Crippen molar-refractivity contribution in [2.24, 2.45) is 7.05 Å². The van der Waals surface area contributed by atoms with Crippen LogP contribution in [0.5, 0.6) is 0 Å². The molecule has 15 nitrogen and oxygen atoms in total. The Kier molecular flexibility index (Phi) is 13.0. The Labute approximate surface area is 347 Å². The number of hydrogen-bond acceptors (Lipinski definition) is 11. The standard InChI is InChI=1S/C24H25N7O.C21H20N4O3/c1-29-7-9-31(10-8-29)23-13-18(5-6-25-23)24(32)28-22-12-20-11-17(3-4-19(20)14-26-22)21-15-27-30(2)16-21;22-18-5-1-2-6-19(18)25-20(26)17-9-7-15(8-10-17)13-24-21(27)28-14-16-4-3-11-23-12-16/h3-6,11-16H,7-10H2,1-2H3,(H,26,28,32);1-12H,13-14,22H2,(H,24,27)(H,25,26). The van der Waals surface area contributed by atoms with Crippen molar-refractivity contribution in [1.29, 1.82) is 0 Å². The average Bonchev–Trinajstić information content (AvgIpc) is 3.72. The molecule has 5 heterocycles. The summed E-state index contributed by atoms with van der Waals surface area (Å²) in [5.74, 6) is 0.897. The van der Waals surface area contributed by atoms with Crippen molar-refractivity contribution in [3.63, 3.8) is 0 Å². The van der Waals surface area contributed by atoms with E-state index >= 15 is 0 Å². The Morgan fingerprint density at radius 2 is 1.52 bits per heavy atom. The molecule has 1 saturated heterocycles. The number of benzene rings is 3. The number of aryl methyl sites for hydroxylation is 1. The molecule has 1 fully saturated rings. The van der Waals surface area contributed by atoms with Gasteiger partial charge in [0.2, 0.25) is 0 Å². The SMILES string of the molecule is CN1CCN(c2cc(C(=O)Nc3cc4cc(-c5cnn(C)c5)ccc4cn3)ccn2)CC1.Nc1ccccc1NC(=O)c1ccc(CNC(=O)OCc2cccnc2)cc1. The number of fused-ring (bicyclic) bond motifs is 1. The van der Waals surface area contributed by atoms with Crippen LogP contribution in [0, 0.1) is 0 Å². The lowest BCUT2D eigenvalue weighted by Crippen LogP contribution is -2.44. The number of amides is 3. The van der Waals surface area contributed by atoms with Crippen LogP contribution >= 0.6 is 0 Å². The van der Waals surface area contributed by atoms with Gasteiger partial charge in [-0.25, -0.2) is 14.8 Å². The molecule has 0 saturated carbocycles. The van der Waals surface area contributed by atoms with E-state index < -0.39 is 6.09 Å². The van der Waals surface area contributed by atoms with Gasteiger partial charge in [0.05, 0.1) is 17.6 Å². The molecular formula is C45H45N11O4. The highest BCUT2D eigenvalue weighted by molar-refractivity contribution is 6.06. The molecular weight excluding hydrogens is 759 g/mol. The third-order valence-corrected chi connectivity index (χ3v) is 9.79. The van der Waals surface area contributed by atoms with E-state index in [2.05, 4.69) is 65.0 Å². The minimum absolute atomic E-state index is 0.154. The molecule has 7 aromatic rings. The lowest BCUT2D eigenvalue weighted by atomic mass is 10.1. The molecule has 3 amide bonds. The molecule has 0 bridgehead atoms. The van der Waals surface area contributed by atoms with Crippen molar-refractivity contribution in [3.8, 4) is 11.1 Å². The van der Waals surface area contributed by atoms with Crippen LogP contribution in [-0.2, 0) is 24.9 Å². The third kappa shape index (κ3) is 10.8. The number of carbonyl (C=O) groups is 3. The summed E-state index contributed by atoms with van der Waals surface area (Å²) < 4.78 is 6.90. The number of carbonyl (C=O) groups excluding carboxylic acids is 3. The first-order chi connectivity index (χ1) is 29.2. The highest BCUT2D eigenvalue weighted by Crippen LogP contribution is 2.26. The second kappa shape index (κ2) is 19.2. The number of nitrogens with one attached hydrogen (secondary N) is 3. The first-order valence-corrected chi connectivity index (χ1v) is 19.3. The van der Waals surface area contributed by atoms with Crippen molar-refractivity contribution < 1.29 is 19.1 Å². The Bertz CT molecular complexity index is 2570. The van der Waals surface area contributed by atoms with Crippen LogP contribution in [0.3, 0.4) is 0 Å². The van der Waals surface area contributed by atoms with Gasteiger partial charge in [-0.1, -0.05) is 42.5 Å². The Morgan fingerprint density at radius 1 is 0.717 bits per heavy atom. The van der Waals surface area contributed by atoms with Gasteiger partial charge in [0.25, 0.3) is 11.8 Å². The summed E-state index contributed by atoms with van der Waals surface area (Å²) in [6.07, 6.45) is 10.1. The highest BCUT2D eigenvalue weighted by atomic mass is 16.5. The largest absolute Gasteiger partial charge is 0.445 e. The normalized spacial score (nSPS) is 12.5. The van der Waals surface area contributed by atoms with Gasteiger partial charge in [-0.05, 0) is 78.2 Å². The van der Waals surface area contributed by atoms with Crippen LogP contribution in [0.1, 0.15) is 31.8 Å². The number of nitrogens with zero attached hydrogens (tertiary/aromatic N) is 7. The zero-order valence-corrected chi connectivity index (χ0v) is 33.3. The van der Waals surface area contributed by atoms with Crippen molar-refractivity contribution in [3.05, 3.63) is 156 Å². The molecule has 8 rings (SSSR count). The Hall–Kier alpha value is -7.65.